The summed E-state index contributed by atoms with van der Waals surface area (Å²) in [7, 11) is 0. The maximum Gasteiger partial charge on any atom is 0.259 e. The highest BCUT2D eigenvalue weighted by Crippen LogP contribution is 2.07. The molecule has 0 radical (unpaired) electrons. The van der Waals surface area contributed by atoms with Gasteiger partial charge in [0.05, 0.1) is 0 Å². The summed E-state index contributed by atoms with van der Waals surface area (Å²) in [5.74, 6) is 0.146. The molecule has 0 bridgehead atoms. The summed E-state index contributed by atoms with van der Waals surface area (Å²) in [4.78, 5) is 11.3. The summed E-state index contributed by atoms with van der Waals surface area (Å²) < 4.78 is 0. The number of hydrogen-bond donors (Lipinski definition) is 1. The number of likely N-dealkylation sites (tertiary alicyclic amines) is 1. The van der Waals surface area contributed by atoms with E-state index in [0.29, 0.717) is 0 Å². The van der Waals surface area contributed by atoms with Crippen LogP contribution in [0.1, 0.15) is 12.8 Å². The molecule has 1 aliphatic rings. The number of nitrogens with one attached hydrogen (secondary N) is 1. The van der Waals surface area contributed by atoms with Crippen molar-refractivity contribution >= 4 is 5.84 Å². The van der Waals surface area contributed by atoms with Crippen molar-refractivity contribution in [1.29, 1.82) is 5.41 Å². The van der Waals surface area contributed by atoms with E-state index in [2.05, 4.69) is 0 Å². The number of rotatable bonds is 2. The van der Waals surface area contributed by atoms with Crippen LogP contribution in [0.4, 0.5) is 0 Å². The minimum Gasteiger partial charge on any atom is -0.355 e. The Bertz CT molecular complexity index is 175. The van der Waals surface area contributed by atoms with Gasteiger partial charge in [0.2, 0.25) is 0 Å². The van der Waals surface area contributed by atoms with E-state index in [9.17, 15) is 10.1 Å². The van der Waals surface area contributed by atoms with Gasteiger partial charge >= 0.3 is 0 Å². The fraction of sp³-hybridized carbons (Fsp3) is 0.833. The van der Waals surface area contributed by atoms with Gasteiger partial charge in [-0.1, -0.05) is 0 Å². The largest absolute Gasteiger partial charge is 0.355 e. The SMILES string of the molecule is N=C(C[N+](=O)[O-])N1CCCC1. The summed E-state index contributed by atoms with van der Waals surface area (Å²) in [5, 5.41) is 17.3. The second-order valence-electron chi connectivity index (χ2n) is 2.63. The Kier molecular flexibility index (Phi) is 2.40. The Labute approximate surface area is 64.7 Å². The minimum atomic E-state index is -0.458. The van der Waals surface area contributed by atoms with Crippen LogP contribution in [0, 0.1) is 15.5 Å². The van der Waals surface area contributed by atoms with E-state index in [1.165, 1.54) is 0 Å². The fourth-order valence-corrected chi connectivity index (χ4v) is 1.21. The van der Waals surface area contributed by atoms with Crippen molar-refractivity contribution in [3.63, 3.8) is 0 Å². The molecule has 0 aliphatic carbocycles. The third kappa shape index (κ3) is 2.18. The molecule has 0 spiro atoms. The van der Waals surface area contributed by atoms with E-state index >= 15 is 0 Å². The molecule has 0 unspecified atom stereocenters. The Hall–Kier alpha value is -1.13. The van der Waals surface area contributed by atoms with Gasteiger partial charge in [0.15, 0.2) is 5.84 Å². The van der Waals surface area contributed by atoms with Crippen molar-refractivity contribution in [2.24, 2.45) is 0 Å². The third-order valence-corrected chi connectivity index (χ3v) is 1.77. The van der Waals surface area contributed by atoms with Crippen LogP contribution >= 0.6 is 0 Å². The molecule has 0 aromatic rings. The number of amidine groups is 1. The molecule has 62 valence electrons. The van der Waals surface area contributed by atoms with Crippen LogP contribution in [-0.4, -0.2) is 35.3 Å². The zero-order chi connectivity index (χ0) is 8.27. The second kappa shape index (κ2) is 3.32. The van der Waals surface area contributed by atoms with Crippen LogP contribution in [0.5, 0.6) is 0 Å². The van der Waals surface area contributed by atoms with E-state index in [1.807, 2.05) is 0 Å². The Morgan fingerprint density at radius 2 is 2.09 bits per heavy atom. The van der Waals surface area contributed by atoms with Gasteiger partial charge < -0.3 is 4.90 Å². The molecule has 0 atom stereocenters. The maximum atomic E-state index is 10.0. The molecule has 1 saturated heterocycles. The molecule has 1 N–H and O–H groups in total. The first-order valence-electron chi connectivity index (χ1n) is 3.64. The van der Waals surface area contributed by atoms with Gasteiger partial charge in [-0.15, -0.1) is 0 Å². The quantitative estimate of drug-likeness (QED) is 0.272. The van der Waals surface area contributed by atoms with E-state index in [0.717, 1.165) is 25.9 Å². The first kappa shape index (κ1) is 7.97. The molecule has 1 aliphatic heterocycles. The average molecular weight is 157 g/mol. The smallest absolute Gasteiger partial charge is 0.259 e. The van der Waals surface area contributed by atoms with E-state index in [-0.39, 0.29) is 12.4 Å². The minimum absolute atomic E-state index is 0.146. The summed E-state index contributed by atoms with van der Waals surface area (Å²) in [6, 6.07) is 0. The van der Waals surface area contributed by atoms with Gasteiger partial charge in [-0.05, 0) is 12.8 Å². The average Bonchev–Trinajstić information content (AvgIpc) is 2.35. The highest BCUT2D eigenvalue weighted by molar-refractivity contribution is 5.80. The van der Waals surface area contributed by atoms with Crippen molar-refractivity contribution in [2.45, 2.75) is 12.8 Å². The van der Waals surface area contributed by atoms with E-state index in [4.69, 9.17) is 5.41 Å². The van der Waals surface area contributed by atoms with Gasteiger partial charge in [-0.3, -0.25) is 15.5 Å². The predicted octanol–water partition coefficient (Wildman–Crippen LogP) is 0.336. The normalized spacial score (nSPS) is 16.9. The molecule has 0 amide bonds. The Morgan fingerprint density at radius 1 is 1.55 bits per heavy atom. The zero-order valence-electron chi connectivity index (χ0n) is 6.25. The molecular weight excluding hydrogens is 146 g/mol. The lowest BCUT2D eigenvalue weighted by atomic mass is 10.4. The van der Waals surface area contributed by atoms with Crippen molar-refractivity contribution in [3.8, 4) is 0 Å². The monoisotopic (exact) mass is 157 g/mol. The van der Waals surface area contributed by atoms with Gasteiger partial charge in [-0.2, -0.15) is 0 Å². The summed E-state index contributed by atoms with van der Waals surface area (Å²) in [6.45, 7) is 1.29. The standard InChI is InChI=1S/C6H11N3O2/c7-6(5-9(10)11)8-3-1-2-4-8/h7H,1-5H2. The molecule has 0 saturated carbocycles. The number of hydrogen-bond acceptors (Lipinski definition) is 3. The molecule has 1 heterocycles. The fourth-order valence-electron chi connectivity index (χ4n) is 1.21. The van der Waals surface area contributed by atoms with Crippen LogP contribution in [0.2, 0.25) is 0 Å². The lowest BCUT2D eigenvalue weighted by molar-refractivity contribution is -0.464. The van der Waals surface area contributed by atoms with Crippen molar-refractivity contribution in [3.05, 3.63) is 10.1 Å². The molecule has 0 aromatic heterocycles. The maximum absolute atomic E-state index is 10.0. The van der Waals surface area contributed by atoms with Gasteiger partial charge in [0.25, 0.3) is 6.54 Å². The molecule has 1 fully saturated rings. The first-order valence-corrected chi connectivity index (χ1v) is 3.64. The topological polar surface area (TPSA) is 70.2 Å². The third-order valence-electron chi connectivity index (χ3n) is 1.77. The zero-order valence-corrected chi connectivity index (χ0v) is 6.25. The summed E-state index contributed by atoms with van der Waals surface area (Å²) >= 11 is 0. The lowest BCUT2D eigenvalue weighted by Crippen LogP contribution is -2.32. The van der Waals surface area contributed by atoms with Crippen LogP contribution in [0.15, 0.2) is 0 Å². The molecule has 0 aromatic carbocycles. The highest BCUT2D eigenvalue weighted by atomic mass is 16.6. The van der Waals surface area contributed by atoms with Crippen LogP contribution < -0.4 is 0 Å². The molecule has 5 heteroatoms. The first-order chi connectivity index (χ1) is 5.20. The Balaban J connectivity index is 2.34. The summed E-state index contributed by atoms with van der Waals surface area (Å²) in [5.41, 5.74) is 0. The molecule has 5 nitrogen and oxygen atoms in total. The van der Waals surface area contributed by atoms with Gasteiger partial charge in [0.1, 0.15) is 0 Å². The highest BCUT2D eigenvalue weighted by Gasteiger charge is 2.17. The van der Waals surface area contributed by atoms with E-state index in [1.54, 1.807) is 4.90 Å². The molecule has 11 heavy (non-hydrogen) atoms. The number of nitrogens with zero attached hydrogens (tertiary/aromatic N) is 2. The van der Waals surface area contributed by atoms with Crippen LogP contribution in [-0.2, 0) is 0 Å². The van der Waals surface area contributed by atoms with Crippen molar-refractivity contribution < 1.29 is 4.92 Å². The van der Waals surface area contributed by atoms with Crippen molar-refractivity contribution in [2.75, 3.05) is 19.6 Å². The van der Waals surface area contributed by atoms with E-state index < -0.39 is 4.92 Å². The second-order valence-corrected chi connectivity index (χ2v) is 2.63. The predicted molar refractivity (Wildman–Crippen MR) is 40.4 cm³/mol. The lowest BCUT2D eigenvalue weighted by Gasteiger charge is -2.14. The van der Waals surface area contributed by atoms with Gasteiger partial charge in [0, 0.05) is 18.0 Å². The van der Waals surface area contributed by atoms with Crippen LogP contribution in [0.3, 0.4) is 0 Å². The van der Waals surface area contributed by atoms with Crippen molar-refractivity contribution in [1.82, 2.24) is 4.90 Å². The van der Waals surface area contributed by atoms with Gasteiger partial charge in [-0.25, -0.2) is 0 Å². The molecule has 1 rings (SSSR count). The van der Waals surface area contributed by atoms with Crippen LogP contribution in [0.25, 0.3) is 0 Å². The Morgan fingerprint density at radius 3 is 2.55 bits per heavy atom. The summed E-state index contributed by atoms with van der Waals surface area (Å²) in [6.07, 6.45) is 2.11. The molecular formula is C6H11N3O2. The number of nitro groups is 1.